The van der Waals surface area contributed by atoms with Gasteiger partial charge in [-0.15, -0.1) is 0 Å². The van der Waals surface area contributed by atoms with Crippen LogP contribution in [0.2, 0.25) is 5.02 Å². The van der Waals surface area contributed by atoms with Crippen LogP contribution in [0.5, 0.6) is 5.75 Å². The fourth-order valence-corrected chi connectivity index (χ4v) is 1.69. The summed E-state index contributed by atoms with van der Waals surface area (Å²) in [6.07, 6.45) is 5.09. The molecule has 0 N–H and O–H groups in total. The Balaban J connectivity index is 2.00. The molecule has 0 radical (unpaired) electrons. The summed E-state index contributed by atoms with van der Waals surface area (Å²) >= 11 is 5.75. The maximum atomic E-state index is 11.0. The number of pyridine rings is 1. The molecule has 0 saturated heterocycles. The Morgan fingerprint density at radius 2 is 2.36 bits per heavy atom. The van der Waals surface area contributed by atoms with Crippen LogP contribution in [0, 0.1) is 0 Å². The Labute approximate surface area is 87.0 Å². The van der Waals surface area contributed by atoms with E-state index in [9.17, 15) is 4.79 Å². The number of hydrogen-bond donors (Lipinski definition) is 0. The smallest absolute Gasteiger partial charge is 0.139 e. The van der Waals surface area contributed by atoms with Crippen LogP contribution >= 0.6 is 11.6 Å². The third-order valence-corrected chi connectivity index (χ3v) is 2.39. The summed E-state index contributed by atoms with van der Waals surface area (Å²) in [5.74, 6) is 0.905. The van der Waals surface area contributed by atoms with E-state index in [1.165, 1.54) is 0 Å². The maximum absolute atomic E-state index is 11.0. The first kappa shape index (κ1) is 9.46. The van der Waals surface area contributed by atoms with Crippen LogP contribution in [0.4, 0.5) is 0 Å². The number of ether oxygens (including phenoxy) is 1. The molecule has 1 aliphatic rings. The molecule has 74 valence electrons. The molecule has 4 heteroatoms. The van der Waals surface area contributed by atoms with Crippen LogP contribution in [0.1, 0.15) is 19.3 Å². The summed E-state index contributed by atoms with van der Waals surface area (Å²) in [5.41, 5.74) is 0. The van der Waals surface area contributed by atoms with Gasteiger partial charge < -0.3 is 4.74 Å². The van der Waals surface area contributed by atoms with E-state index >= 15 is 0 Å². The van der Waals surface area contributed by atoms with Crippen LogP contribution in [0.15, 0.2) is 18.5 Å². The number of nitrogens with zero attached hydrogens (tertiary/aromatic N) is 1. The van der Waals surface area contributed by atoms with Crippen molar-refractivity contribution in [1.29, 1.82) is 0 Å². The van der Waals surface area contributed by atoms with E-state index in [0.717, 1.165) is 6.42 Å². The van der Waals surface area contributed by atoms with Crippen LogP contribution in [0.25, 0.3) is 0 Å². The molecule has 1 unspecified atom stereocenters. The predicted molar refractivity (Wildman–Crippen MR) is 52.5 cm³/mol. The molecule has 0 aromatic carbocycles. The largest absolute Gasteiger partial charge is 0.488 e. The van der Waals surface area contributed by atoms with Gasteiger partial charge in [-0.05, 0) is 6.42 Å². The summed E-state index contributed by atoms with van der Waals surface area (Å²) in [6.45, 7) is 0. The zero-order chi connectivity index (χ0) is 9.97. The van der Waals surface area contributed by atoms with Gasteiger partial charge in [-0.2, -0.15) is 0 Å². The normalized spacial score (nSPS) is 21.2. The summed E-state index contributed by atoms with van der Waals surface area (Å²) in [6, 6.07) is 1.71. The van der Waals surface area contributed by atoms with Gasteiger partial charge in [0.25, 0.3) is 0 Å². The summed E-state index contributed by atoms with van der Waals surface area (Å²) in [7, 11) is 0. The first-order valence-corrected chi connectivity index (χ1v) is 4.91. The molecule has 1 aliphatic carbocycles. The molecular weight excluding hydrogens is 202 g/mol. The van der Waals surface area contributed by atoms with Gasteiger partial charge >= 0.3 is 0 Å². The van der Waals surface area contributed by atoms with Gasteiger partial charge in [-0.25, -0.2) is 0 Å². The van der Waals surface area contributed by atoms with E-state index in [4.69, 9.17) is 16.3 Å². The Morgan fingerprint density at radius 1 is 1.50 bits per heavy atom. The lowest BCUT2D eigenvalue weighted by atomic mass is 10.3. The lowest BCUT2D eigenvalue weighted by Crippen LogP contribution is -2.12. The molecule has 1 saturated carbocycles. The van der Waals surface area contributed by atoms with Crippen molar-refractivity contribution in [3.05, 3.63) is 23.5 Å². The Morgan fingerprint density at radius 3 is 3.00 bits per heavy atom. The number of Topliss-reactive ketones (excluding diaryl/α,β-unsaturated/α-hetero) is 1. The first-order chi connectivity index (χ1) is 6.74. The number of carbonyl (C=O) groups is 1. The molecule has 0 spiro atoms. The Kier molecular flexibility index (Phi) is 2.68. The molecule has 3 nitrogen and oxygen atoms in total. The van der Waals surface area contributed by atoms with Crippen molar-refractivity contribution in [2.45, 2.75) is 25.4 Å². The van der Waals surface area contributed by atoms with E-state index in [0.29, 0.717) is 23.6 Å². The highest BCUT2D eigenvalue weighted by Gasteiger charge is 2.23. The zero-order valence-electron chi connectivity index (χ0n) is 7.57. The molecule has 0 bridgehead atoms. The van der Waals surface area contributed by atoms with Crippen molar-refractivity contribution < 1.29 is 9.53 Å². The van der Waals surface area contributed by atoms with Crippen LogP contribution in [-0.2, 0) is 4.79 Å². The van der Waals surface area contributed by atoms with Gasteiger partial charge in [0.2, 0.25) is 0 Å². The van der Waals surface area contributed by atoms with Crippen LogP contribution in [-0.4, -0.2) is 16.9 Å². The van der Waals surface area contributed by atoms with Gasteiger partial charge in [0.15, 0.2) is 0 Å². The quantitative estimate of drug-likeness (QED) is 0.753. The molecule has 0 aliphatic heterocycles. The number of ketones is 1. The average molecular weight is 212 g/mol. The number of halogens is 1. The van der Waals surface area contributed by atoms with Gasteiger partial charge in [-0.1, -0.05) is 11.6 Å². The van der Waals surface area contributed by atoms with Gasteiger partial charge in [0, 0.05) is 25.1 Å². The summed E-state index contributed by atoms with van der Waals surface area (Å²) < 4.78 is 5.56. The molecule has 2 rings (SSSR count). The van der Waals surface area contributed by atoms with Gasteiger partial charge in [0.1, 0.15) is 17.6 Å². The Bertz CT molecular complexity index is 354. The SMILES string of the molecule is O=C1CCC(Oc2cncc(Cl)c2)C1. The van der Waals surface area contributed by atoms with Crippen LogP contribution < -0.4 is 4.74 Å². The fraction of sp³-hybridized carbons (Fsp3) is 0.400. The third-order valence-electron chi connectivity index (χ3n) is 2.18. The minimum Gasteiger partial charge on any atom is -0.488 e. The summed E-state index contributed by atoms with van der Waals surface area (Å²) in [5, 5.41) is 0.548. The number of hydrogen-bond acceptors (Lipinski definition) is 3. The van der Waals surface area contributed by atoms with Crippen molar-refractivity contribution in [2.75, 3.05) is 0 Å². The monoisotopic (exact) mass is 211 g/mol. The van der Waals surface area contributed by atoms with E-state index < -0.39 is 0 Å². The average Bonchev–Trinajstić information content (AvgIpc) is 2.51. The highest BCUT2D eigenvalue weighted by molar-refractivity contribution is 6.30. The van der Waals surface area contributed by atoms with Crippen molar-refractivity contribution in [3.63, 3.8) is 0 Å². The van der Waals surface area contributed by atoms with E-state index in [1.807, 2.05) is 0 Å². The number of carbonyl (C=O) groups excluding carboxylic acids is 1. The molecule has 1 aromatic heterocycles. The molecule has 1 aromatic rings. The van der Waals surface area contributed by atoms with Crippen molar-refractivity contribution in [3.8, 4) is 5.75 Å². The van der Waals surface area contributed by atoms with Gasteiger partial charge in [0.05, 0.1) is 11.2 Å². The molecule has 1 atom stereocenters. The predicted octanol–water partition coefficient (Wildman–Crippen LogP) is 2.24. The first-order valence-electron chi connectivity index (χ1n) is 4.53. The van der Waals surface area contributed by atoms with Gasteiger partial charge in [-0.3, -0.25) is 9.78 Å². The molecular formula is C10H10ClNO2. The number of rotatable bonds is 2. The number of aromatic nitrogens is 1. The zero-order valence-corrected chi connectivity index (χ0v) is 8.33. The third kappa shape index (κ3) is 2.23. The van der Waals surface area contributed by atoms with Crippen molar-refractivity contribution in [2.24, 2.45) is 0 Å². The molecule has 0 amide bonds. The highest BCUT2D eigenvalue weighted by atomic mass is 35.5. The molecule has 1 heterocycles. The second-order valence-electron chi connectivity index (χ2n) is 3.36. The Hall–Kier alpha value is -1.09. The fourth-order valence-electron chi connectivity index (χ4n) is 1.53. The van der Waals surface area contributed by atoms with Crippen molar-refractivity contribution in [1.82, 2.24) is 4.98 Å². The van der Waals surface area contributed by atoms with Crippen LogP contribution in [0.3, 0.4) is 0 Å². The van der Waals surface area contributed by atoms with E-state index in [-0.39, 0.29) is 11.9 Å². The van der Waals surface area contributed by atoms with E-state index in [1.54, 1.807) is 18.5 Å². The topological polar surface area (TPSA) is 39.2 Å². The highest BCUT2D eigenvalue weighted by Crippen LogP contribution is 2.23. The second kappa shape index (κ2) is 3.96. The lowest BCUT2D eigenvalue weighted by Gasteiger charge is -2.11. The van der Waals surface area contributed by atoms with Crippen molar-refractivity contribution >= 4 is 17.4 Å². The van der Waals surface area contributed by atoms with E-state index in [2.05, 4.69) is 4.98 Å². The molecule has 14 heavy (non-hydrogen) atoms. The minimum absolute atomic E-state index is 0.00256. The lowest BCUT2D eigenvalue weighted by molar-refractivity contribution is -0.117. The summed E-state index contributed by atoms with van der Waals surface area (Å²) in [4.78, 5) is 14.9. The standard InChI is InChI=1S/C10H10ClNO2/c11-7-3-10(6-12-5-7)14-9-2-1-8(13)4-9/h3,5-6,9H,1-2,4H2. The molecule has 1 fully saturated rings. The minimum atomic E-state index is 0.00256. The maximum Gasteiger partial charge on any atom is 0.139 e. The second-order valence-corrected chi connectivity index (χ2v) is 3.80.